The minimum Gasteiger partial charge on any atom is -0.480 e. The summed E-state index contributed by atoms with van der Waals surface area (Å²) in [5, 5.41) is 11.4. The van der Waals surface area contributed by atoms with Crippen molar-refractivity contribution in [2.24, 2.45) is 5.73 Å². The number of nitrogens with two attached hydrogens (primary N) is 1. The van der Waals surface area contributed by atoms with Crippen LogP contribution in [0, 0.1) is 0 Å². The van der Waals surface area contributed by atoms with Gasteiger partial charge in [-0.2, -0.15) is 0 Å². The number of hydrogen-bond donors (Lipinski definition) is 3. The number of nitrogens with one attached hydrogen (secondary N) is 1. The first-order chi connectivity index (χ1) is 7.50. The molecular weight excluding hydrogens is 208 g/mol. The minimum absolute atomic E-state index is 0.00575. The predicted molar refractivity (Wildman–Crippen MR) is 60.5 cm³/mol. The van der Waals surface area contributed by atoms with Gasteiger partial charge in [-0.15, -0.1) is 0 Å². The van der Waals surface area contributed by atoms with Crippen molar-refractivity contribution in [3.05, 3.63) is 29.8 Å². The maximum absolute atomic E-state index is 11.0. The molecule has 0 heterocycles. The lowest BCUT2D eigenvalue weighted by Crippen LogP contribution is -2.36. The second kappa shape index (κ2) is 5.27. The normalized spacial score (nSPS) is 11.9. The fraction of sp³-hybridized carbons (Fsp3) is 0.273. The first kappa shape index (κ1) is 12.2. The molecule has 5 nitrogen and oxygen atoms in total. The van der Waals surface area contributed by atoms with Gasteiger partial charge >= 0.3 is 5.97 Å². The number of anilines is 1. The third kappa shape index (κ3) is 3.36. The number of hydrogen-bond acceptors (Lipinski definition) is 4. The Morgan fingerprint density at radius 2 is 1.94 bits per heavy atom. The van der Waals surface area contributed by atoms with E-state index in [9.17, 15) is 9.59 Å². The van der Waals surface area contributed by atoms with Crippen LogP contribution >= 0.6 is 0 Å². The van der Waals surface area contributed by atoms with E-state index in [-0.39, 0.29) is 12.3 Å². The number of carboxylic acids is 1. The van der Waals surface area contributed by atoms with Gasteiger partial charge in [0.1, 0.15) is 6.04 Å². The third-order valence-electron chi connectivity index (χ3n) is 2.13. The molecule has 1 aromatic carbocycles. The Labute approximate surface area is 93.3 Å². The molecule has 0 spiro atoms. The molecule has 0 aromatic heterocycles. The molecule has 0 amide bonds. The Morgan fingerprint density at radius 1 is 1.38 bits per heavy atom. The highest BCUT2D eigenvalue weighted by Crippen LogP contribution is 2.09. The topological polar surface area (TPSA) is 92.4 Å². The number of rotatable bonds is 5. The summed E-state index contributed by atoms with van der Waals surface area (Å²) in [6.45, 7) is 1.64. The molecule has 0 aliphatic rings. The summed E-state index contributed by atoms with van der Waals surface area (Å²) in [6.07, 6.45) is 0. The Kier molecular flexibility index (Phi) is 4.02. The van der Waals surface area contributed by atoms with Crippen LogP contribution in [0.4, 0.5) is 5.69 Å². The summed E-state index contributed by atoms with van der Waals surface area (Å²) < 4.78 is 0. The molecule has 4 N–H and O–H groups in total. The molecule has 0 aliphatic carbocycles. The van der Waals surface area contributed by atoms with Crippen molar-refractivity contribution in [1.29, 1.82) is 0 Å². The quantitative estimate of drug-likeness (QED) is 0.638. The number of ketones is 1. The summed E-state index contributed by atoms with van der Waals surface area (Å²) >= 11 is 0. The van der Waals surface area contributed by atoms with E-state index < -0.39 is 12.0 Å². The second-order valence-electron chi connectivity index (χ2n) is 3.46. The van der Waals surface area contributed by atoms with Crippen molar-refractivity contribution in [1.82, 2.24) is 0 Å². The van der Waals surface area contributed by atoms with Gasteiger partial charge in [0.2, 0.25) is 0 Å². The zero-order valence-corrected chi connectivity index (χ0v) is 8.93. The van der Waals surface area contributed by atoms with Gasteiger partial charge < -0.3 is 16.2 Å². The number of benzene rings is 1. The van der Waals surface area contributed by atoms with Crippen LogP contribution in [0.2, 0.25) is 0 Å². The molecule has 16 heavy (non-hydrogen) atoms. The van der Waals surface area contributed by atoms with Crippen molar-refractivity contribution >= 4 is 17.4 Å². The smallest absolute Gasteiger partial charge is 0.322 e. The van der Waals surface area contributed by atoms with E-state index in [1.165, 1.54) is 6.92 Å². The highest BCUT2D eigenvalue weighted by atomic mass is 16.4. The van der Waals surface area contributed by atoms with Crippen LogP contribution in [0.15, 0.2) is 24.3 Å². The Bertz CT molecular complexity index is 387. The molecule has 0 fully saturated rings. The maximum Gasteiger partial charge on any atom is 0.322 e. The van der Waals surface area contributed by atoms with Crippen LogP contribution in [0.3, 0.4) is 0 Å². The van der Waals surface area contributed by atoms with Crippen LogP contribution in [0.1, 0.15) is 17.3 Å². The molecule has 0 aliphatic heterocycles. The molecule has 0 saturated carbocycles. The summed E-state index contributed by atoms with van der Waals surface area (Å²) in [5.41, 5.74) is 6.68. The van der Waals surface area contributed by atoms with Gasteiger partial charge in [0.05, 0.1) is 0 Å². The Balaban J connectivity index is 2.56. The molecule has 0 bridgehead atoms. The van der Waals surface area contributed by atoms with E-state index in [0.717, 1.165) is 5.69 Å². The van der Waals surface area contributed by atoms with Crippen LogP contribution in [0.25, 0.3) is 0 Å². The number of aliphatic carboxylic acids is 1. The third-order valence-corrected chi connectivity index (χ3v) is 2.13. The monoisotopic (exact) mass is 222 g/mol. The molecule has 1 rings (SSSR count). The van der Waals surface area contributed by atoms with Gasteiger partial charge in [0, 0.05) is 17.8 Å². The number of carboxylic acid groups (broad SMARTS) is 1. The molecule has 1 aromatic rings. The number of carbonyl (C=O) groups is 2. The maximum atomic E-state index is 11.0. The highest BCUT2D eigenvalue weighted by Gasteiger charge is 2.10. The van der Waals surface area contributed by atoms with Gasteiger partial charge in [-0.25, -0.2) is 0 Å². The van der Waals surface area contributed by atoms with Gasteiger partial charge in [-0.3, -0.25) is 9.59 Å². The van der Waals surface area contributed by atoms with E-state index in [2.05, 4.69) is 5.32 Å². The summed E-state index contributed by atoms with van der Waals surface area (Å²) in [6, 6.07) is 5.84. The van der Waals surface area contributed by atoms with E-state index >= 15 is 0 Å². The highest BCUT2D eigenvalue weighted by molar-refractivity contribution is 5.94. The van der Waals surface area contributed by atoms with Gasteiger partial charge in [0.25, 0.3) is 0 Å². The van der Waals surface area contributed by atoms with Crippen LogP contribution in [-0.2, 0) is 4.79 Å². The van der Waals surface area contributed by atoms with Crippen LogP contribution in [0.5, 0.6) is 0 Å². The fourth-order valence-electron chi connectivity index (χ4n) is 1.14. The average molecular weight is 222 g/mol. The van der Waals surface area contributed by atoms with Crippen LogP contribution < -0.4 is 11.1 Å². The second-order valence-corrected chi connectivity index (χ2v) is 3.46. The SMILES string of the molecule is CC(=O)c1ccc(NCC(N)C(=O)O)cc1. The molecular formula is C11H14N2O3. The molecule has 1 atom stereocenters. The van der Waals surface area contributed by atoms with Gasteiger partial charge in [-0.05, 0) is 31.2 Å². The molecule has 5 heteroatoms. The van der Waals surface area contributed by atoms with Crippen molar-refractivity contribution in [2.75, 3.05) is 11.9 Å². The Morgan fingerprint density at radius 3 is 2.38 bits per heavy atom. The van der Waals surface area contributed by atoms with Crippen molar-refractivity contribution in [2.45, 2.75) is 13.0 Å². The lowest BCUT2D eigenvalue weighted by molar-refractivity contribution is -0.138. The average Bonchev–Trinajstić information content (AvgIpc) is 2.26. The summed E-state index contributed by atoms with van der Waals surface area (Å²) in [5.74, 6) is -1.05. The van der Waals surface area contributed by atoms with E-state index in [0.29, 0.717) is 5.56 Å². The zero-order chi connectivity index (χ0) is 12.1. The lowest BCUT2D eigenvalue weighted by atomic mass is 10.1. The largest absolute Gasteiger partial charge is 0.480 e. The molecule has 0 saturated heterocycles. The fourth-order valence-corrected chi connectivity index (χ4v) is 1.14. The van der Waals surface area contributed by atoms with Crippen molar-refractivity contribution in [3.8, 4) is 0 Å². The standard InChI is InChI=1S/C11H14N2O3/c1-7(14)8-2-4-9(5-3-8)13-6-10(12)11(15)16/h2-5,10,13H,6,12H2,1H3,(H,15,16). The van der Waals surface area contributed by atoms with Crippen molar-refractivity contribution < 1.29 is 14.7 Å². The van der Waals surface area contributed by atoms with Gasteiger partial charge in [-0.1, -0.05) is 0 Å². The molecule has 0 radical (unpaired) electrons. The van der Waals surface area contributed by atoms with Crippen LogP contribution in [-0.4, -0.2) is 29.4 Å². The number of Topliss-reactive ketones (excluding diaryl/α,β-unsaturated/α-hetero) is 1. The first-order valence-corrected chi connectivity index (χ1v) is 4.84. The summed E-state index contributed by atoms with van der Waals surface area (Å²) in [7, 11) is 0. The number of carbonyl (C=O) groups excluding carboxylic acids is 1. The zero-order valence-electron chi connectivity index (χ0n) is 8.93. The predicted octanol–water partition coefficient (Wildman–Crippen LogP) is 0.713. The molecule has 1 unspecified atom stereocenters. The Hall–Kier alpha value is -1.88. The van der Waals surface area contributed by atoms with E-state index in [1.807, 2.05) is 0 Å². The van der Waals surface area contributed by atoms with Gasteiger partial charge in [0.15, 0.2) is 5.78 Å². The van der Waals surface area contributed by atoms with E-state index in [4.69, 9.17) is 10.8 Å². The van der Waals surface area contributed by atoms with E-state index in [1.54, 1.807) is 24.3 Å². The van der Waals surface area contributed by atoms with Crippen molar-refractivity contribution in [3.63, 3.8) is 0 Å². The lowest BCUT2D eigenvalue weighted by Gasteiger charge is -2.09. The molecule has 86 valence electrons. The summed E-state index contributed by atoms with van der Waals surface area (Å²) in [4.78, 5) is 21.4. The minimum atomic E-state index is -1.05. The first-order valence-electron chi connectivity index (χ1n) is 4.84.